The molecule has 5 heteroatoms. The molecule has 0 aliphatic rings. The van der Waals surface area contributed by atoms with Crippen molar-refractivity contribution in [3.8, 4) is 11.5 Å². The molecule has 0 fully saturated rings. The molecule has 0 radical (unpaired) electrons. The van der Waals surface area contributed by atoms with Gasteiger partial charge in [-0.25, -0.2) is 0 Å². The quantitative estimate of drug-likeness (QED) is 0.510. The molecule has 0 aliphatic carbocycles. The Morgan fingerprint density at radius 1 is 1.22 bits per heavy atom. The predicted molar refractivity (Wildman–Crippen MR) is 68.8 cm³/mol. The summed E-state index contributed by atoms with van der Waals surface area (Å²) in [5, 5.41) is 10.9. The molecule has 92 valence electrons. The summed E-state index contributed by atoms with van der Waals surface area (Å²) in [6.45, 7) is 1.79. The SMILES string of the molecule is Cc1ccc(Oc2cccc(N)c2)c([N+](=O)[O-])c1. The highest BCUT2D eigenvalue weighted by Gasteiger charge is 2.15. The monoisotopic (exact) mass is 244 g/mol. The number of hydrogen-bond donors (Lipinski definition) is 1. The molecule has 2 N–H and O–H groups in total. The van der Waals surface area contributed by atoms with E-state index in [1.807, 2.05) is 0 Å². The van der Waals surface area contributed by atoms with Gasteiger partial charge in [-0.15, -0.1) is 0 Å². The lowest BCUT2D eigenvalue weighted by Gasteiger charge is -2.07. The van der Waals surface area contributed by atoms with Crippen LogP contribution in [0.1, 0.15) is 5.56 Å². The highest BCUT2D eigenvalue weighted by molar-refractivity contribution is 5.52. The van der Waals surface area contributed by atoms with Crippen LogP contribution in [0, 0.1) is 17.0 Å². The molecule has 0 aliphatic heterocycles. The fraction of sp³-hybridized carbons (Fsp3) is 0.0769. The van der Waals surface area contributed by atoms with Gasteiger partial charge >= 0.3 is 5.69 Å². The first kappa shape index (κ1) is 11.9. The molecular weight excluding hydrogens is 232 g/mol. The molecule has 0 saturated heterocycles. The number of anilines is 1. The maximum absolute atomic E-state index is 10.9. The van der Waals surface area contributed by atoms with Crippen molar-refractivity contribution in [1.82, 2.24) is 0 Å². The number of hydrogen-bond acceptors (Lipinski definition) is 4. The zero-order valence-corrected chi connectivity index (χ0v) is 9.79. The van der Waals surface area contributed by atoms with Crippen molar-refractivity contribution in [3.63, 3.8) is 0 Å². The van der Waals surface area contributed by atoms with Crippen LogP contribution in [0.15, 0.2) is 42.5 Å². The van der Waals surface area contributed by atoms with Crippen molar-refractivity contribution in [2.45, 2.75) is 6.92 Å². The zero-order valence-electron chi connectivity index (χ0n) is 9.79. The first-order chi connectivity index (χ1) is 8.56. The molecule has 0 unspecified atom stereocenters. The summed E-state index contributed by atoms with van der Waals surface area (Å²) < 4.78 is 5.48. The maximum atomic E-state index is 10.9. The number of aryl methyl sites for hydroxylation is 1. The predicted octanol–water partition coefficient (Wildman–Crippen LogP) is 3.28. The third-order valence-corrected chi connectivity index (χ3v) is 2.40. The van der Waals surface area contributed by atoms with Crippen LogP contribution >= 0.6 is 0 Å². The lowest BCUT2D eigenvalue weighted by Crippen LogP contribution is -1.94. The molecule has 0 bridgehead atoms. The number of nitrogen functional groups attached to an aromatic ring is 1. The minimum absolute atomic E-state index is 0.0579. The van der Waals surface area contributed by atoms with Crippen molar-refractivity contribution in [3.05, 3.63) is 58.1 Å². The van der Waals surface area contributed by atoms with Crippen molar-refractivity contribution < 1.29 is 9.66 Å². The van der Waals surface area contributed by atoms with Crippen LogP contribution in [-0.2, 0) is 0 Å². The standard InChI is InChI=1S/C13H12N2O3/c1-9-5-6-13(12(7-9)15(16)17)18-11-4-2-3-10(14)8-11/h2-8H,14H2,1H3. The third kappa shape index (κ3) is 2.57. The Bertz CT molecular complexity index is 597. The van der Waals surface area contributed by atoms with Crippen LogP contribution in [0.5, 0.6) is 11.5 Å². The molecule has 0 amide bonds. The van der Waals surface area contributed by atoms with Gasteiger partial charge in [0.1, 0.15) is 5.75 Å². The second-order valence-corrected chi connectivity index (χ2v) is 3.90. The molecule has 0 heterocycles. The van der Waals surface area contributed by atoms with Crippen molar-refractivity contribution in [2.75, 3.05) is 5.73 Å². The van der Waals surface area contributed by atoms with Gasteiger partial charge in [-0.2, -0.15) is 0 Å². The molecule has 2 rings (SSSR count). The van der Waals surface area contributed by atoms with E-state index in [-0.39, 0.29) is 11.4 Å². The molecule has 2 aromatic carbocycles. The first-order valence-corrected chi connectivity index (χ1v) is 5.35. The zero-order chi connectivity index (χ0) is 13.1. The lowest BCUT2D eigenvalue weighted by atomic mass is 10.2. The normalized spacial score (nSPS) is 10.1. The summed E-state index contributed by atoms with van der Waals surface area (Å²) in [6, 6.07) is 11.6. The van der Waals surface area contributed by atoms with Crippen LogP contribution in [0.4, 0.5) is 11.4 Å². The highest BCUT2D eigenvalue weighted by Crippen LogP contribution is 2.32. The summed E-state index contributed by atoms with van der Waals surface area (Å²) in [5.41, 5.74) is 6.91. The van der Waals surface area contributed by atoms with E-state index >= 15 is 0 Å². The van der Waals surface area contributed by atoms with E-state index in [1.165, 1.54) is 6.07 Å². The summed E-state index contributed by atoms with van der Waals surface area (Å²) in [5.74, 6) is 0.679. The number of rotatable bonds is 3. The summed E-state index contributed by atoms with van der Waals surface area (Å²) in [4.78, 5) is 10.5. The minimum atomic E-state index is -0.464. The Kier molecular flexibility index (Phi) is 3.14. The van der Waals surface area contributed by atoms with Crippen molar-refractivity contribution in [2.24, 2.45) is 0 Å². The van der Waals surface area contributed by atoms with E-state index in [0.29, 0.717) is 11.4 Å². The number of nitro benzene ring substituents is 1. The molecule has 0 spiro atoms. The third-order valence-electron chi connectivity index (χ3n) is 2.40. The maximum Gasteiger partial charge on any atom is 0.311 e. The summed E-state index contributed by atoms with van der Waals surface area (Å²) >= 11 is 0. The van der Waals surface area contributed by atoms with Gasteiger partial charge in [0.2, 0.25) is 5.75 Å². The number of benzene rings is 2. The van der Waals surface area contributed by atoms with Crippen molar-refractivity contribution in [1.29, 1.82) is 0 Å². The number of nitrogens with two attached hydrogens (primary N) is 1. The van der Waals surface area contributed by atoms with Gasteiger partial charge in [-0.3, -0.25) is 10.1 Å². The summed E-state index contributed by atoms with van der Waals surface area (Å²) in [6.07, 6.45) is 0. The van der Waals surface area contributed by atoms with Crippen molar-refractivity contribution >= 4 is 11.4 Å². The van der Waals surface area contributed by atoms with Gasteiger partial charge in [-0.05, 0) is 30.7 Å². The first-order valence-electron chi connectivity index (χ1n) is 5.35. The van der Waals surface area contributed by atoms with E-state index in [2.05, 4.69) is 0 Å². The van der Waals surface area contributed by atoms with Gasteiger partial charge in [0, 0.05) is 17.8 Å². The molecule has 0 saturated carbocycles. The van der Waals surface area contributed by atoms with Gasteiger partial charge in [0.25, 0.3) is 0 Å². The average molecular weight is 244 g/mol. The van der Waals surface area contributed by atoms with Crippen LogP contribution in [-0.4, -0.2) is 4.92 Å². The minimum Gasteiger partial charge on any atom is -0.450 e. The highest BCUT2D eigenvalue weighted by atomic mass is 16.6. The Morgan fingerprint density at radius 3 is 2.67 bits per heavy atom. The van der Waals surface area contributed by atoms with E-state index < -0.39 is 4.92 Å². The fourth-order valence-electron chi connectivity index (χ4n) is 1.56. The fourth-order valence-corrected chi connectivity index (χ4v) is 1.56. The Labute approximate surface area is 104 Å². The van der Waals surface area contributed by atoms with Crippen LogP contribution in [0.3, 0.4) is 0 Å². The molecule has 0 aromatic heterocycles. The molecule has 5 nitrogen and oxygen atoms in total. The van der Waals surface area contributed by atoms with E-state index in [1.54, 1.807) is 43.3 Å². The average Bonchev–Trinajstić information content (AvgIpc) is 2.31. The van der Waals surface area contributed by atoms with Gasteiger partial charge in [0.15, 0.2) is 0 Å². The van der Waals surface area contributed by atoms with Crippen LogP contribution in [0.2, 0.25) is 0 Å². The topological polar surface area (TPSA) is 78.4 Å². The van der Waals surface area contributed by atoms with Crippen LogP contribution < -0.4 is 10.5 Å². The lowest BCUT2D eigenvalue weighted by molar-refractivity contribution is -0.385. The van der Waals surface area contributed by atoms with Gasteiger partial charge in [0.05, 0.1) is 4.92 Å². The Hall–Kier alpha value is -2.56. The van der Waals surface area contributed by atoms with E-state index in [0.717, 1.165) is 5.56 Å². The van der Waals surface area contributed by atoms with Gasteiger partial charge < -0.3 is 10.5 Å². The summed E-state index contributed by atoms with van der Waals surface area (Å²) in [7, 11) is 0. The molecule has 0 atom stereocenters. The Balaban J connectivity index is 2.37. The van der Waals surface area contributed by atoms with E-state index in [9.17, 15) is 10.1 Å². The largest absolute Gasteiger partial charge is 0.450 e. The number of ether oxygens (including phenoxy) is 1. The Morgan fingerprint density at radius 2 is 2.00 bits per heavy atom. The van der Waals surface area contributed by atoms with Crippen LogP contribution in [0.25, 0.3) is 0 Å². The number of nitrogens with zero attached hydrogens (tertiary/aromatic N) is 1. The molecule has 18 heavy (non-hydrogen) atoms. The molecular formula is C13H12N2O3. The van der Waals surface area contributed by atoms with Gasteiger partial charge in [-0.1, -0.05) is 12.1 Å². The molecule has 2 aromatic rings. The second-order valence-electron chi connectivity index (χ2n) is 3.90. The number of nitro groups is 1. The smallest absolute Gasteiger partial charge is 0.311 e. The second kappa shape index (κ2) is 4.75. The van der Waals surface area contributed by atoms with E-state index in [4.69, 9.17) is 10.5 Å².